The van der Waals surface area contributed by atoms with Gasteiger partial charge in [0.15, 0.2) is 0 Å². The normalized spacial score (nSPS) is 11.7. The Morgan fingerprint density at radius 1 is 1.25 bits per heavy atom. The Hall–Kier alpha value is -3.30. The van der Waals surface area contributed by atoms with Gasteiger partial charge in [0.05, 0.1) is 12.0 Å². The highest BCUT2D eigenvalue weighted by Crippen LogP contribution is 2.20. The molecule has 1 N–H and O–H groups in total. The second kappa shape index (κ2) is 10.3. The maximum absolute atomic E-state index is 13.1. The van der Waals surface area contributed by atoms with E-state index in [-0.39, 0.29) is 11.4 Å². The summed E-state index contributed by atoms with van der Waals surface area (Å²) in [5, 5.41) is 0. The van der Waals surface area contributed by atoms with Crippen molar-refractivity contribution >= 4 is 22.1 Å². The molecular formula is C23H24FN3O4S. The lowest BCUT2D eigenvalue weighted by molar-refractivity contribution is -0.134. The first kappa shape index (κ1) is 23.4. The van der Waals surface area contributed by atoms with E-state index in [1.54, 1.807) is 18.5 Å². The molecule has 1 aromatic carbocycles. The lowest BCUT2D eigenvalue weighted by Gasteiger charge is -2.13. The van der Waals surface area contributed by atoms with E-state index in [2.05, 4.69) is 19.0 Å². The molecule has 0 amide bonds. The summed E-state index contributed by atoms with van der Waals surface area (Å²) < 4.78 is 47.3. The number of nitrogens with zero attached hydrogens (tertiary/aromatic N) is 2. The number of hydrogen-bond donors (Lipinski definition) is 1. The molecule has 2 aromatic heterocycles. The minimum absolute atomic E-state index is 0.00234. The van der Waals surface area contributed by atoms with E-state index in [0.29, 0.717) is 13.0 Å². The van der Waals surface area contributed by atoms with Gasteiger partial charge in [0.2, 0.25) is 10.0 Å². The molecule has 0 spiro atoms. The number of carbonyl (C=O) groups is 1. The fraction of sp³-hybridized carbons (Fsp3) is 0.217. The molecule has 32 heavy (non-hydrogen) atoms. The van der Waals surface area contributed by atoms with Crippen molar-refractivity contribution in [2.24, 2.45) is 0 Å². The standard InChI is InChI=1S/C23H24FN3O4S/c1-17-19(5-10-23(28)31-2)14-21(27(17)16-18-4-3-12-25-15-18)11-13-26-32(29,30)22-8-6-20(24)7-9-22/h3-10,12,14-15,26H,11,13,16H2,1-2H3/b10-5+. The van der Waals surface area contributed by atoms with Gasteiger partial charge >= 0.3 is 5.97 Å². The van der Waals surface area contributed by atoms with Crippen molar-refractivity contribution in [2.75, 3.05) is 13.7 Å². The molecule has 3 rings (SSSR count). The smallest absolute Gasteiger partial charge is 0.330 e. The lowest BCUT2D eigenvalue weighted by atomic mass is 10.2. The summed E-state index contributed by atoms with van der Waals surface area (Å²) in [6.07, 6.45) is 6.89. The number of ether oxygens (including phenoxy) is 1. The highest BCUT2D eigenvalue weighted by molar-refractivity contribution is 7.89. The summed E-state index contributed by atoms with van der Waals surface area (Å²) in [5.41, 5.74) is 3.63. The summed E-state index contributed by atoms with van der Waals surface area (Å²) in [4.78, 5) is 15.6. The Morgan fingerprint density at radius 2 is 2.00 bits per heavy atom. The largest absolute Gasteiger partial charge is 0.466 e. The van der Waals surface area contributed by atoms with Crippen molar-refractivity contribution in [1.29, 1.82) is 0 Å². The average molecular weight is 458 g/mol. The molecule has 2 heterocycles. The van der Waals surface area contributed by atoms with Crippen LogP contribution in [0.3, 0.4) is 0 Å². The zero-order valence-electron chi connectivity index (χ0n) is 17.8. The first-order valence-electron chi connectivity index (χ1n) is 9.89. The number of nitrogens with one attached hydrogen (secondary N) is 1. The predicted molar refractivity (Wildman–Crippen MR) is 119 cm³/mol. The van der Waals surface area contributed by atoms with E-state index in [1.165, 1.54) is 25.3 Å². The van der Waals surface area contributed by atoms with Gasteiger partial charge < -0.3 is 9.30 Å². The first-order valence-corrected chi connectivity index (χ1v) is 11.4. The Bertz CT molecular complexity index is 1200. The van der Waals surface area contributed by atoms with E-state index in [4.69, 9.17) is 0 Å². The van der Waals surface area contributed by atoms with E-state index in [0.717, 1.165) is 34.6 Å². The van der Waals surface area contributed by atoms with Gasteiger partial charge in [-0.2, -0.15) is 0 Å². The van der Waals surface area contributed by atoms with Crippen LogP contribution in [0.15, 0.2) is 65.8 Å². The van der Waals surface area contributed by atoms with Crippen LogP contribution >= 0.6 is 0 Å². The van der Waals surface area contributed by atoms with Crippen LogP contribution in [0.2, 0.25) is 0 Å². The molecule has 0 saturated heterocycles. The quantitative estimate of drug-likeness (QED) is 0.394. The number of hydrogen-bond acceptors (Lipinski definition) is 5. The van der Waals surface area contributed by atoms with Crippen molar-refractivity contribution in [3.8, 4) is 0 Å². The third-order valence-corrected chi connectivity index (χ3v) is 6.43. The van der Waals surface area contributed by atoms with Gasteiger partial charge in [-0.05, 0) is 60.5 Å². The van der Waals surface area contributed by atoms with E-state index in [9.17, 15) is 17.6 Å². The average Bonchev–Trinajstić information content (AvgIpc) is 3.07. The van der Waals surface area contributed by atoms with Crippen LogP contribution in [0, 0.1) is 12.7 Å². The predicted octanol–water partition coefficient (Wildman–Crippen LogP) is 3.09. The maximum Gasteiger partial charge on any atom is 0.330 e. The number of sulfonamides is 1. The Kier molecular flexibility index (Phi) is 7.55. The lowest BCUT2D eigenvalue weighted by Crippen LogP contribution is -2.26. The van der Waals surface area contributed by atoms with Crippen molar-refractivity contribution in [1.82, 2.24) is 14.3 Å². The number of rotatable bonds is 9. The summed E-state index contributed by atoms with van der Waals surface area (Å²) in [6, 6.07) is 10.4. The third kappa shape index (κ3) is 5.89. The summed E-state index contributed by atoms with van der Waals surface area (Å²) in [5.74, 6) is -0.960. The Morgan fingerprint density at radius 3 is 2.66 bits per heavy atom. The first-order chi connectivity index (χ1) is 15.3. The minimum atomic E-state index is -3.76. The van der Waals surface area contributed by atoms with Crippen LogP contribution < -0.4 is 4.72 Å². The summed E-state index contributed by atoms with van der Waals surface area (Å²) >= 11 is 0. The molecule has 0 aliphatic rings. The fourth-order valence-corrected chi connectivity index (χ4v) is 4.27. The van der Waals surface area contributed by atoms with Crippen molar-refractivity contribution in [2.45, 2.75) is 24.8 Å². The van der Waals surface area contributed by atoms with Crippen molar-refractivity contribution in [3.05, 3.63) is 89.3 Å². The highest BCUT2D eigenvalue weighted by Gasteiger charge is 2.16. The van der Waals surface area contributed by atoms with Gasteiger partial charge in [0.1, 0.15) is 5.82 Å². The molecule has 168 valence electrons. The second-order valence-corrected chi connectivity index (χ2v) is 8.85. The maximum atomic E-state index is 13.1. The van der Waals surface area contributed by atoms with Crippen LogP contribution in [-0.2, 0) is 32.5 Å². The highest BCUT2D eigenvalue weighted by atomic mass is 32.2. The van der Waals surface area contributed by atoms with Crippen LogP contribution in [0.5, 0.6) is 0 Å². The van der Waals surface area contributed by atoms with Crippen LogP contribution in [0.25, 0.3) is 6.08 Å². The van der Waals surface area contributed by atoms with Crippen LogP contribution in [0.4, 0.5) is 4.39 Å². The fourth-order valence-electron chi connectivity index (χ4n) is 3.24. The summed E-state index contributed by atoms with van der Waals surface area (Å²) in [7, 11) is -2.45. The molecule has 0 aliphatic carbocycles. The molecule has 9 heteroatoms. The molecule has 0 atom stereocenters. The van der Waals surface area contributed by atoms with Crippen LogP contribution in [0.1, 0.15) is 22.5 Å². The molecule has 0 fully saturated rings. The number of halogens is 1. The SMILES string of the molecule is COC(=O)/C=C/c1cc(CCNS(=O)(=O)c2ccc(F)cc2)n(Cc2cccnc2)c1C. The van der Waals surface area contributed by atoms with E-state index >= 15 is 0 Å². The van der Waals surface area contributed by atoms with Gasteiger partial charge in [0.25, 0.3) is 0 Å². The summed E-state index contributed by atoms with van der Waals surface area (Å²) in [6.45, 7) is 2.63. The number of carbonyl (C=O) groups excluding carboxylic acids is 1. The number of aromatic nitrogens is 2. The molecule has 0 radical (unpaired) electrons. The molecular weight excluding hydrogens is 433 g/mol. The Labute approximate surface area is 186 Å². The van der Waals surface area contributed by atoms with Gasteiger partial charge in [-0.25, -0.2) is 22.3 Å². The second-order valence-electron chi connectivity index (χ2n) is 7.08. The monoisotopic (exact) mass is 457 g/mol. The molecule has 0 bridgehead atoms. The van der Waals surface area contributed by atoms with Crippen molar-refractivity contribution in [3.63, 3.8) is 0 Å². The van der Waals surface area contributed by atoms with E-state index in [1.807, 2.05) is 25.1 Å². The topological polar surface area (TPSA) is 90.3 Å². The Balaban J connectivity index is 1.81. The van der Waals surface area contributed by atoms with Gasteiger partial charge in [-0.15, -0.1) is 0 Å². The molecule has 7 nitrogen and oxygen atoms in total. The zero-order valence-corrected chi connectivity index (χ0v) is 18.6. The van der Waals surface area contributed by atoms with Crippen molar-refractivity contribution < 1.29 is 22.3 Å². The number of methoxy groups -OCH3 is 1. The van der Waals surface area contributed by atoms with E-state index < -0.39 is 21.8 Å². The number of benzene rings is 1. The van der Waals surface area contributed by atoms with Gasteiger partial charge in [0, 0.05) is 49.4 Å². The zero-order chi connectivity index (χ0) is 23.1. The van der Waals surface area contributed by atoms with Gasteiger partial charge in [-0.3, -0.25) is 4.98 Å². The minimum Gasteiger partial charge on any atom is -0.466 e. The molecule has 0 saturated carbocycles. The third-order valence-electron chi connectivity index (χ3n) is 4.95. The number of pyridine rings is 1. The number of esters is 1. The molecule has 0 aliphatic heterocycles. The van der Waals surface area contributed by atoms with Gasteiger partial charge in [-0.1, -0.05) is 6.07 Å². The molecule has 0 unspecified atom stereocenters. The van der Waals surface area contributed by atoms with Crippen LogP contribution in [-0.4, -0.2) is 37.6 Å². The molecule has 3 aromatic rings.